The van der Waals surface area contributed by atoms with E-state index in [1.807, 2.05) is 0 Å². The summed E-state index contributed by atoms with van der Waals surface area (Å²) in [7, 11) is 0. The molecule has 2 nitrogen and oxygen atoms in total. The summed E-state index contributed by atoms with van der Waals surface area (Å²) >= 11 is 0. The lowest BCUT2D eigenvalue weighted by molar-refractivity contribution is 0.355. The first kappa shape index (κ1) is 17.3. The Morgan fingerprint density at radius 2 is 1.86 bits per heavy atom. The van der Waals surface area contributed by atoms with Crippen molar-refractivity contribution in [1.82, 2.24) is 5.32 Å². The first-order valence-electron chi connectivity index (χ1n) is 8.79. The first-order chi connectivity index (χ1) is 10.1. The average Bonchev–Trinajstić information content (AvgIpc) is 2.34. The fourth-order valence-electron chi connectivity index (χ4n) is 4.13. The molecular weight excluding hydrogens is 268 g/mol. The number of anilines is 1. The quantitative estimate of drug-likeness (QED) is 0.842. The van der Waals surface area contributed by atoms with Crippen LogP contribution in [-0.2, 0) is 6.54 Å². The summed E-state index contributed by atoms with van der Waals surface area (Å²) in [5, 5.41) is 3.56. The van der Waals surface area contributed by atoms with Crippen LogP contribution in [0.2, 0.25) is 0 Å². The largest absolute Gasteiger partial charge is 0.364 e. The standard InChI is InChI=1S/C20H34N2/c1-13(2)21-12-17-10-18-16(6)11-20(7,8)22(14(3)4)19(18)9-15(17)5/h9-10,13-14,16,21H,11-12H2,1-8H3. The fraction of sp³-hybridized carbons (Fsp3) is 0.700. The van der Waals surface area contributed by atoms with Gasteiger partial charge in [-0.3, -0.25) is 0 Å². The molecule has 2 rings (SSSR count). The second kappa shape index (κ2) is 6.23. The summed E-state index contributed by atoms with van der Waals surface area (Å²) in [5.41, 5.74) is 6.05. The number of fused-ring (bicyclic) bond motifs is 1. The van der Waals surface area contributed by atoms with Crippen LogP contribution < -0.4 is 10.2 Å². The van der Waals surface area contributed by atoms with Gasteiger partial charge in [0.25, 0.3) is 0 Å². The number of nitrogens with zero attached hydrogens (tertiary/aromatic N) is 1. The summed E-state index contributed by atoms with van der Waals surface area (Å²) < 4.78 is 0. The molecule has 0 fully saturated rings. The number of rotatable bonds is 4. The Labute approximate surface area is 137 Å². The molecule has 0 bridgehead atoms. The van der Waals surface area contributed by atoms with Crippen molar-refractivity contribution in [2.45, 2.75) is 91.9 Å². The average molecular weight is 303 g/mol. The van der Waals surface area contributed by atoms with E-state index in [1.165, 1.54) is 28.8 Å². The van der Waals surface area contributed by atoms with E-state index in [1.54, 1.807) is 0 Å². The minimum Gasteiger partial charge on any atom is -0.364 e. The van der Waals surface area contributed by atoms with Crippen LogP contribution >= 0.6 is 0 Å². The van der Waals surface area contributed by atoms with E-state index in [-0.39, 0.29) is 5.54 Å². The fourth-order valence-corrected chi connectivity index (χ4v) is 4.13. The van der Waals surface area contributed by atoms with Crippen molar-refractivity contribution in [1.29, 1.82) is 0 Å². The lowest BCUT2D eigenvalue weighted by atomic mass is 9.78. The minimum absolute atomic E-state index is 0.227. The molecular formula is C20H34N2. The van der Waals surface area contributed by atoms with Crippen LogP contribution in [0.1, 0.15) is 77.5 Å². The highest BCUT2D eigenvalue weighted by Crippen LogP contribution is 2.45. The number of hydrogen-bond donors (Lipinski definition) is 1. The molecule has 1 aliphatic heterocycles. The number of nitrogens with one attached hydrogen (secondary N) is 1. The predicted octanol–water partition coefficient (Wildman–Crippen LogP) is 4.99. The van der Waals surface area contributed by atoms with E-state index in [4.69, 9.17) is 0 Å². The van der Waals surface area contributed by atoms with E-state index in [2.05, 4.69) is 77.7 Å². The first-order valence-corrected chi connectivity index (χ1v) is 8.79. The van der Waals surface area contributed by atoms with Gasteiger partial charge in [-0.15, -0.1) is 0 Å². The Hall–Kier alpha value is -1.02. The zero-order chi connectivity index (χ0) is 16.7. The summed E-state index contributed by atoms with van der Waals surface area (Å²) in [6.45, 7) is 19.4. The van der Waals surface area contributed by atoms with Crippen molar-refractivity contribution in [3.63, 3.8) is 0 Å². The molecule has 0 aliphatic carbocycles. The van der Waals surface area contributed by atoms with E-state index in [9.17, 15) is 0 Å². The van der Waals surface area contributed by atoms with Gasteiger partial charge in [-0.1, -0.05) is 26.8 Å². The molecule has 0 saturated carbocycles. The van der Waals surface area contributed by atoms with Crippen molar-refractivity contribution in [2.75, 3.05) is 4.90 Å². The maximum absolute atomic E-state index is 3.56. The highest BCUT2D eigenvalue weighted by Gasteiger charge is 2.37. The Kier molecular flexibility index (Phi) is 4.91. The smallest absolute Gasteiger partial charge is 0.0411 e. The Morgan fingerprint density at radius 3 is 2.41 bits per heavy atom. The van der Waals surface area contributed by atoms with Crippen molar-refractivity contribution in [3.05, 3.63) is 28.8 Å². The van der Waals surface area contributed by atoms with Gasteiger partial charge >= 0.3 is 0 Å². The molecule has 0 saturated heterocycles. The molecule has 0 spiro atoms. The van der Waals surface area contributed by atoms with E-state index < -0.39 is 0 Å². The molecule has 1 heterocycles. The van der Waals surface area contributed by atoms with Gasteiger partial charge in [0.05, 0.1) is 0 Å². The van der Waals surface area contributed by atoms with Gasteiger partial charge in [0.2, 0.25) is 0 Å². The number of aryl methyl sites for hydroxylation is 1. The topological polar surface area (TPSA) is 15.3 Å². The second-order valence-corrected chi connectivity index (χ2v) is 8.25. The molecule has 1 atom stereocenters. The van der Waals surface area contributed by atoms with Gasteiger partial charge < -0.3 is 10.2 Å². The Balaban J connectivity index is 2.46. The zero-order valence-corrected chi connectivity index (χ0v) is 15.7. The molecule has 1 aromatic rings. The van der Waals surface area contributed by atoms with Gasteiger partial charge in [-0.25, -0.2) is 0 Å². The zero-order valence-electron chi connectivity index (χ0n) is 15.7. The van der Waals surface area contributed by atoms with Gasteiger partial charge in [0.15, 0.2) is 0 Å². The monoisotopic (exact) mass is 302 g/mol. The molecule has 124 valence electrons. The van der Waals surface area contributed by atoms with Gasteiger partial charge in [0, 0.05) is 29.9 Å². The molecule has 22 heavy (non-hydrogen) atoms. The maximum atomic E-state index is 3.56. The Morgan fingerprint density at radius 1 is 1.23 bits per heavy atom. The van der Waals surface area contributed by atoms with Crippen LogP contribution in [0.3, 0.4) is 0 Å². The lowest BCUT2D eigenvalue weighted by Gasteiger charge is -2.50. The van der Waals surface area contributed by atoms with E-state index in [0.29, 0.717) is 18.0 Å². The molecule has 1 N–H and O–H groups in total. The van der Waals surface area contributed by atoms with Crippen LogP contribution in [0, 0.1) is 6.92 Å². The van der Waals surface area contributed by atoms with Crippen LogP contribution in [0.15, 0.2) is 12.1 Å². The molecule has 1 unspecified atom stereocenters. The Bertz CT molecular complexity index is 529. The van der Waals surface area contributed by atoms with Crippen molar-refractivity contribution in [2.24, 2.45) is 0 Å². The van der Waals surface area contributed by atoms with Gasteiger partial charge in [-0.05, 0) is 69.7 Å². The molecule has 1 aromatic carbocycles. The molecule has 2 heteroatoms. The minimum atomic E-state index is 0.227. The van der Waals surface area contributed by atoms with Gasteiger partial charge in [0.1, 0.15) is 0 Å². The maximum Gasteiger partial charge on any atom is 0.0411 e. The number of benzene rings is 1. The predicted molar refractivity (Wildman–Crippen MR) is 97.9 cm³/mol. The van der Waals surface area contributed by atoms with Crippen LogP contribution in [0.5, 0.6) is 0 Å². The van der Waals surface area contributed by atoms with E-state index in [0.717, 1.165) is 6.54 Å². The van der Waals surface area contributed by atoms with Crippen molar-refractivity contribution in [3.8, 4) is 0 Å². The van der Waals surface area contributed by atoms with Crippen molar-refractivity contribution < 1.29 is 0 Å². The van der Waals surface area contributed by atoms with Crippen LogP contribution in [-0.4, -0.2) is 17.6 Å². The third kappa shape index (κ3) is 3.32. The summed E-state index contributed by atoms with van der Waals surface area (Å²) in [6.07, 6.45) is 1.22. The highest BCUT2D eigenvalue weighted by molar-refractivity contribution is 5.63. The SMILES string of the molecule is Cc1cc2c(cc1CNC(C)C)C(C)CC(C)(C)N2C(C)C. The molecule has 0 aromatic heterocycles. The third-order valence-electron chi connectivity index (χ3n) is 4.95. The highest BCUT2D eigenvalue weighted by atomic mass is 15.2. The third-order valence-corrected chi connectivity index (χ3v) is 4.95. The van der Waals surface area contributed by atoms with E-state index >= 15 is 0 Å². The summed E-state index contributed by atoms with van der Waals surface area (Å²) in [5.74, 6) is 0.624. The molecule has 0 radical (unpaired) electrons. The molecule has 1 aliphatic rings. The summed E-state index contributed by atoms with van der Waals surface area (Å²) in [4.78, 5) is 2.62. The van der Waals surface area contributed by atoms with Crippen molar-refractivity contribution >= 4 is 5.69 Å². The second-order valence-electron chi connectivity index (χ2n) is 8.25. The normalized spacial score (nSPS) is 20.6. The van der Waals surface area contributed by atoms with Crippen LogP contribution in [0.25, 0.3) is 0 Å². The lowest BCUT2D eigenvalue weighted by Crippen LogP contribution is -2.51. The molecule has 0 amide bonds. The summed E-state index contributed by atoms with van der Waals surface area (Å²) in [6, 6.07) is 5.93. The number of hydrogen-bond acceptors (Lipinski definition) is 2. The van der Waals surface area contributed by atoms with Crippen LogP contribution in [0.4, 0.5) is 5.69 Å². The van der Waals surface area contributed by atoms with Gasteiger partial charge in [-0.2, -0.15) is 0 Å².